The number of amides is 1. The van der Waals surface area contributed by atoms with Gasteiger partial charge in [0, 0.05) is 37.6 Å². The number of aromatic nitrogens is 5. The van der Waals surface area contributed by atoms with Crippen molar-refractivity contribution in [2.24, 2.45) is 7.05 Å². The number of aryl methyl sites for hydroxylation is 1. The number of nitrogens with one attached hydrogen (secondary N) is 2. The largest absolute Gasteiger partial charge is 0.463 e. The second-order valence-corrected chi connectivity index (χ2v) is 5.74. The highest BCUT2D eigenvalue weighted by Gasteiger charge is 2.14. The van der Waals surface area contributed by atoms with Gasteiger partial charge in [0.25, 0.3) is 5.91 Å². The maximum Gasteiger partial charge on any atom is 0.272 e. The smallest absolute Gasteiger partial charge is 0.272 e. The average molecular weight is 348 g/mol. The average Bonchev–Trinajstić information content (AvgIpc) is 3.40. The monoisotopic (exact) mass is 348 g/mol. The summed E-state index contributed by atoms with van der Waals surface area (Å²) in [6.45, 7) is 0.333. The van der Waals surface area contributed by atoms with Gasteiger partial charge in [0.05, 0.1) is 18.2 Å². The van der Waals surface area contributed by atoms with Gasteiger partial charge in [-0.3, -0.25) is 19.6 Å². The topological polar surface area (TPSA) is 102 Å². The summed E-state index contributed by atoms with van der Waals surface area (Å²) >= 11 is 0. The van der Waals surface area contributed by atoms with Crippen LogP contribution in [0.1, 0.15) is 16.1 Å². The van der Waals surface area contributed by atoms with Crippen molar-refractivity contribution in [3.8, 4) is 22.7 Å². The van der Waals surface area contributed by atoms with E-state index in [2.05, 4.69) is 25.6 Å². The normalized spacial score (nSPS) is 10.8. The number of hydrogen-bond donors (Lipinski definition) is 2. The molecule has 4 aromatic rings. The second kappa shape index (κ2) is 6.67. The van der Waals surface area contributed by atoms with Gasteiger partial charge in [0.15, 0.2) is 11.5 Å². The van der Waals surface area contributed by atoms with Crippen molar-refractivity contribution >= 4 is 5.91 Å². The first-order valence-electron chi connectivity index (χ1n) is 8.01. The summed E-state index contributed by atoms with van der Waals surface area (Å²) in [6.07, 6.45) is 6.92. The molecule has 0 atom stereocenters. The minimum Gasteiger partial charge on any atom is -0.463 e. The number of furan rings is 1. The van der Waals surface area contributed by atoms with Crippen LogP contribution in [0.2, 0.25) is 0 Å². The molecule has 130 valence electrons. The lowest BCUT2D eigenvalue weighted by molar-refractivity contribution is 0.0946. The van der Waals surface area contributed by atoms with Gasteiger partial charge in [0.1, 0.15) is 5.69 Å². The van der Waals surface area contributed by atoms with E-state index in [1.165, 1.54) is 0 Å². The van der Waals surface area contributed by atoms with Crippen molar-refractivity contribution in [1.29, 1.82) is 0 Å². The fourth-order valence-corrected chi connectivity index (χ4v) is 2.65. The van der Waals surface area contributed by atoms with Crippen LogP contribution in [0.5, 0.6) is 0 Å². The van der Waals surface area contributed by atoms with Crippen molar-refractivity contribution in [3.05, 3.63) is 66.4 Å². The Hall–Kier alpha value is -3.68. The molecule has 0 aliphatic rings. The van der Waals surface area contributed by atoms with Gasteiger partial charge in [-0.2, -0.15) is 10.2 Å². The van der Waals surface area contributed by atoms with E-state index in [0.717, 1.165) is 16.8 Å². The first-order valence-corrected chi connectivity index (χ1v) is 8.01. The molecule has 1 amide bonds. The molecule has 0 bridgehead atoms. The second-order valence-electron chi connectivity index (χ2n) is 5.74. The van der Waals surface area contributed by atoms with Crippen molar-refractivity contribution in [2.75, 3.05) is 0 Å². The van der Waals surface area contributed by atoms with Crippen molar-refractivity contribution in [1.82, 2.24) is 30.3 Å². The summed E-state index contributed by atoms with van der Waals surface area (Å²) in [5.74, 6) is 0.350. The SMILES string of the molecule is Cn1cc(-c2ncccc2CNC(=O)c2cc(-c3ccco3)[nH]n2)cn1. The summed E-state index contributed by atoms with van der Waals surface area (Å²) in [4.78, 5) is 16.8. The maximum absolute atomic E-state index is 12.4. The summed E-state index contributed by atoms with van der Waals surface area (Å²) in [7, 11) is 1.85. The lowest BCUT2D eigenvalue weighted by Gasteiger charge is -2.07. The molecule has 0 fully saturated rings. The summed E-state index contributed by atoms with van der Waals surface area (Å²) in [5, 5.41) is 13.9. The van der Waals surface area contributed by atoms with Gasteiger partial charge in [-0.05, 0) is 23.8 Å². The van der Waals surface area contributed by atoms with E-state index in [0.29, 0.717) is 23.7 Å². The van der Waals surface area contributed by atoms with Crippen molar-refractivity contribution in [2.45, 2.75) is 6.54 Å². The number of carbonyl (C=O) groups excluding carboxylic acids is 1. The highest BCUT2D eigenvalue weighted by atomic mass is 16.3. The fourth-order valence-electron chi connectivity index (χ4n) is 2.65. The Morgan fingerprint density at radius 3 is 3.04 bits per heavy atom. The Bertz CT molecular complexity index is 1030. The third-order valence-corrected chi connectivity index (χ3v) is 3.91. The molecule has 4 heterocycles. The Labute approximate surface area is 148 Å². The molecule has 8 heteroatoms. The van der Waals surface area contributed by atoms with Gasteiger partial charge in [-0.25, -0.2) is 0 Å². The molecule has 0 aromatic carbocycles. The molecule has 0 saturated carbocycles. The van der Waals surface area contributed by atoms with Gasteiger partial charge >= 0.3 is 0 Å². The van der Waals surface area contributed by atoms with Crippen LogP contribution in [0.4, 0.5) is 0 Å². The molecule has 0 spiro atoms. The van der Waals surface area contributed by atoms with Crippen LogP contribution in [0.25, 0.3) is 22.7 Å². The van der Waals surface area contributed by atoms with Crippen LogP contribution >= 0.6 is 0 Å². The highest BCUT2D eigenvalue weighted by molar-refractivity contribution is 5.93. The fraction of sp³-hybridized carbons (Fsp3) is 0.111. The summed E-state index contributed by atoms with van der Waals surface area (Å²) < 4.78 is 7.00. The predicted molar refractivity (Wildman–Crippen MR) is 93.9 cm³/mol. The van der Waals surface area contributed by atoms with E-state index in [-0.39, 0.29) is 5.91 Å². The van der Waals surface area contributed by atoms with Crippen LogP contribution in [0, 0.1) is 0 Å². The number of H-pyrrole nitrogens is 1. The van der Waals surface area contributed by atoms with Gasteiger partial charge in [-0.15, -0.1) is 0 Å². The number of carbonyl (C=O) groups is 1. The van der Waals surface area contributed by atoms with E-state index in [1.807, 2.05) is 25.4 Å². The van der Waals surface area contributed by atoms with E-state index < -0.39 is 0 Å². The molecule has 4 rings (SSSR count). The van der Waals surface area contributed by atoms with Crippen LogP contribution in [0.3, 0.4) is 0 Å². The lowest BCUT2D eigenvalue weighted by Crippen LogP contribution is -2.23. The Morgan fingerprint density at radius 1 is 1.35 bits per heavy atom. The quantitative estimate of drug-likeness (QED) is 0.577. The minimum atomic E-state index is -0.278. The molecular weight excluding hydrogens is 332 g/mol. The van der Waals surface area contributed by atoms with Crippen LogP contribution in [-0.4, -0.2) is 30.9 Å². The zero-order chi connectivity index (χ0) is 17.9. The first kappa shape index (κ1) is 15.8. The van der Waals surface area contributed by atoms with Gasteiger partial charge in [-0.1, -0.05) is 6.07 Å². The van der Waals surface area contributed by atoms with Crippen molar-refractivity contribution in [3.63, 3.8) is 0 Å². The van der Waals surface area contributed by atoms with E-state index in [9.17, 15) is 4.79 Å². The zero-order valence-corrected chi connectivity index (χ0v) is 14.0. The van der Waals surface area contributed by atoms with Crippen LogP contribution < -0.4 is 5.32 Å². The lowest BCUT2D eigenvalue weighted by atomic mass is 10.1. The van der Waals surface area contributed by atoms with Crippen LogP contribution in [0.15, 0.2) is 59.6 Å². The van der Waals surface area contributed by atoms with Crippen molar-refractivity contribution < 1.29 is 9.21 Å². The standard InChI is InChI=1S/C18H16N6O2/c1-24-11-13(10-21-24)17-12(4-2-6-19-17)9-20-18(25)15-8-14(22-23-15)16-5-3-7-26-16/h2-8,10-11H,9H2,1H3,(H,20,25)(H,22,23). The first-order chi connectivity index (χ1) is 12.7. The Morgan fingerprint density at radius 2 is 2.27 bits per heavy atom. The molecule has 0 aliphatic carbocycles. The molecule has 0 saturated heterocycles. The molecule has 0 unspecified atom stereocenters. The van der Waals surface area contributed by atoms with Gasteiger partial charge in [0.2, 0.25) is 0 Å². The molecular formula is C18H16N6O2. The summed E-state index contributed by atoms with van der Waals surface area (Å²) in [6, 6.07) is 8.99. The summed E-state index contributed by atoms with van der Waals surface area (Å²) in [5.41, 5.74) is 3.54. The zero-order valence-electron chi connectivity index (χ0n) is 14.0. The number of aromatic amines is 1. The molecule has 0 aliphatic heterocycles. The van der Waals surface area contributed by atoms with Gasteiger partial charge < -0.3 is 9.73 Å². The minimum absolute atomic E-state index is 0.278. The van der Waals surface area contributed by atoms with E-state index in [4.69, 9.17) is 4.42 Å². The predicted octanol–water partition coefficient (Wildman–Crippen LogP) is 2.40. The number of nitrogens with zero attached hydrogens (tertiary/aromatic N) is 4. The molecule has 26 heavy (non-hydrogen) atoms. The highest BCUT2D eigenvalue weighted by Crippen LogP contribution is 2.21. The Kier molecular flexibility index (Phi) is 4.06. The molecule has 2 N–H and O–H groups in total. The maximum atomic E-state index is 12.4. The number of rotatable bonds is 5. The molecule has 8 nitrogen and oxygen atoms in total. The third-order valence-electron chi connectivity index (χ3n) is 3.91. The molecule has 0 radical (unpaired) electrons. The number of hydrogen-bond acceptors (Lipinski definition) is 5. The Balaban J connectivity index is 1.49. The van der Waals surface area contributed by atoms with E-state index in [1.54, 1.807) is 41.5 Å². The molecule has 4 aromatic heterocycles. The van der Waals surface area contributed by atoms with E-state index >= 15 is 0 Å². The third kappa shape index (κ3) is 3.12. The number of pyridine rings is 1. The van der Waals surface area contributed by atoms with Crippen LogP contribution in [-0.2, 0) is 13.6 Å².